The smallest absolute Gasteiger partial charge is 0.336 e. The molecule has 0 atom stereocenters. The van der Waals surface area contributed by atoms with Gasteiger partial charge in [-0.25, -0.2) is 17.9 Å². The van der Waals surface area contributed by atoms with Gasteiger partial charge < -0.3 is 5.11 Å². The third kappa shape index (κ3) is 3.92. The second-order valence-corrected chi connectivity index (χ2v) is 6.25. The SMILES string of the molecule is O=C(O)c1ccccc1C(=O)NS(=O)(=O)Cc1ccccc1. The van der Waals surface area contributed by atoms with Crippen LogP contribution >= 0.6 is 0 Å². The van der Waals surface area contributed by atoms with Gasteiger partial charge in [0.15, 0.2) is 0 Å². The molecule has 0 fully saturated rings. The molecule has 0 aliphatic rings. The van der Waals surface area contributed by atoms with Gasteiger partial charge in [-0.3, -0.25) is 4.79 Å². The van der Waals surface area contributed by atoms with E-state index in [-0.39, 0.29) is 16.9 Å². The molecule has 0 unspecified atom stereocenters. The minimum Gasteiger partial charge on any atom is -0.478 e. The highest BCUT2D eigenvalue weighted by atomic mass is 32.2. The highest BCUT2D eigenvalue weighted by Crippen LogP contribution is 2.10. The summed E-state index contributed by atoms with van der Waals surface area (Å²) in [4.78, 5) is 23.1. The lowest BCUT2D eigenvalue weighted by molar-refractivity contribution is 0.0691. The summed E-state index contributed by atoms with van der Waals surface area (Å²) in [6.45, 7) is 0. The summed E-state index contributed by atoms with van der Waals surface area (Å²) in [6.07, 6.45) is 0. The molecule has 7 heteroatoms. The zero-order valence-electron chi connectivity index (χ0n) is 11.4. The summed E-state index contributed by atoms with van der Waals surface area (Å²) < 4.78 is 25.9. The fourth-order valence-corrected chi connectivity index (χ4v) is 2.99. The minimum absolute atomic E-state index is 0.202. The van der Waals surface area contributed by atoms with Gasteiger partial charge in [0.25, 0.3) is 5.91 Å². The zero-order valence-corrected chi connectivity index (χ0v) is 12.2. The molecule has 2 aromatic carbocycles. The highest BCUT2D eigenvalue weighted by Gasteiger charge is 2.21. The topological polar surface area (TPSA) is 101 Å². The van der Waals surface area contributed by atoms with Crippen LogP contribution in [0.4, 0.5) is 0 Å². The fourth-order valence-electron chi connectivity index (χ4n) is 1.89. The van der Waals surface area contributed by atoms with E-state index >= 15 is 0 Å². The van der Waals surface area contributed by atoms with E-state index < -0.39 is 21.9 Å². The Kier molecular flexibility index (Phi) is 4.57. The average Bonchev–Trinajstić information content (AvgIpc) is 2.47. The number of aromatic carboxylic acids is 1. The summed E-state index contributed by atoms with van der Waals surface area (Å²) in [5.41, 5.74) is 0.0656. The Hall–Kier alpha value is -2.67. The van der Waals surface area contributed by atoms with Gasteiger partial charge >= 0.3 is 5.97 Å². The summed E-state index contributed by atoms with van der Waals surface area (Å²) in [5.74, 6) is -2.63. The third-order valence-electron chi connectivity index (χ3n) is 2.85. The Morgan fingerprint density at radius 3 is 2.05 bits per heavy atom. The Bertz CT molecular complexity index is 800. The molecule has 0 aliphatic heterocycles. The Balaban J connectivity index is 2.20. The molecular weight excluding hydrogens is 306 g/mol. The van der Waals surface area contributed by atoms with Crippen molar-refractivity contribution >= 4 is 21.9 Å². The third-order valence-corrected chi connectivity index (χ3v) is 4.06. The van der Waals surface area contributed by atoms with Gasteiger partial charge in [-0.05, 0) is 17.7 Å². The predicted molar refractivity (Wildman–Crippen MR) is 79.9 cm³/mol. The number of amides is 1. The second-order valence-electron chi connectivity index (χ2n) is 4.53. The van der Waals surface area contributed by atoms with E-state index in [2.05, 4.69) is 0 Å². The normalized spacial score (nSPS) is 10.9. The second kappa shape index (κ2) is 6.40. The van der Waals surface area contributed by atoms with E-state index in [0.717, 1.165) is 0 Å². The van der Waals surface area contributed by atoms with Crippen molar-refractivity contribution < 1.29 is 23.1 Å². The van der Waals surface area contributed by atoms with Crippen LogP contribution in [0.1, 0.15) is 26.3 Å². The van der Waals surface area contributed by atoms with Crippen molar-refractivity contribution in [2.45, 2.75) is 5.75 Å². The number of benzene rings is 2. The lowest BCUT2D eigenvalue weighted by Crippen LogP contribution is -2.32. The van der Waals surface area contributed by atoms with Gasteiger partial charge in [-0.15, -0.1) is 0 Å². The molecule has 0 aliphatic carbocycles. The van der Waals surface area contributed by atoms with Crippen molar-refractivity contribution in [2.24, 2.45) is 0 Å². The van der Waals surface area contributed by atoms with Crippen molar-refractivity contribution in [3.63, 3.8) is 0 Å². The maximum atomic E-state index is 12.0. The first-order valence-electron chi connectivity index (χ1n) is 6.30. The first-order chi connectivity index (χ1) is 10.4. The van der Waals surface area contributed by atoms with Crippen LogP contribution in [0.2, 0.25) is 0 Å². The van der Waals surface area contributed by atoms with Crippen LogP contribution in [0, 0.1) is 0 Å². The quantitative estimate of drug-likeness (QED) is 0.872. The monoisotopic (exact) mass is 319 g/mol. The van der Waals surface area contributed by atoms with E-state index in [1.807, 2.05) is 4.72 Å². The van der Waals surface area contributed by atoms with E-state index in [4.69, 9.17) is 5.11 Å². The zero-order chi connectivity index (χ0) is 16.2. The lowest BCUT2D eigenvalue weighted by atomic mass is 10.1. The molecule has 0 spiro atoms. The largest absolute Gasteiger partial charge is 0.478 e. The fraction of sp³-hybridized carbons (Fsp3) is 0.0667. The van der Waals surface area contributed by atoms with Crippen molar-refractivity contribution in [2.75, 3.05) is 0 Å². The molecule has 2 N–H and O–H groups in total. The van der Waals surface area contributed by atoms with Gasteiger partial charge in [-0.2, -0.15) is 0 Å². The van der Waals surface area contributed by atoms with E-state index in [1.165, 1.54) is 24.3 Å². The van der Waals surface area contributed by atoms with Gasteiger partial charge in [0.2, 0.25) is 10.0 Å². The highest BCUT2D eigenvalue weighted by molar-refractivity contribution is 7.89. The molecule has 2 rings (SSSR count). The molecule has 114 valence electrons. The molecule has 0 radical (unpaired) electrons. The van der Waals surface area contributed by atoms with Crippen LogP contribution < -0.4 is 4.72 Å². The number of rotatable bonds is 5. The van der Waals surface area contributed by atoms with Gasteiger partial charge in [0, 0.05) is 0 Å². The van der Waals surface area contributed by atoms with Gasteiger partial charge in [0.1, 0.15) is 0 Å². The first-order valence-corrected chi connectivity index (χ1v) is 7.95. The van der Waals surface area contributed by atoms with Gasteiger partial charge in [-0.1, -0.05) is 42.5 Å². The number of hydrogen-bond donors (Lipinski definition) is 2. The summed E-state index contributed by atoms with van der Waals surface area (Å²) in [6, 6.07) is 13.8. The maximum absolute atomic E-state index is 12.0. The number of nitrogens with one attached hydrogen (secondary N) is 1. The van der Waals surface area contributed by atoms with Crippen LogP contribution in [-0.2, 0) is 15.8 Å². The van der Waals surface area contributed by atoms with Crippen LogP contribution in [0.3, 0.4) is 0 Å². The number of carboxylic acid groups (broad SMARTS) is 1. The summed E-state index contributed by atoms with van der Waals surface area (Å²) >= 11 is 0. The number of carboxylic acids is 1. The molecule has 22 heavy (non-hydrogen) atoms. The standard InChI is InChI=1S/C15H13NO5S/c17-14(12-8-4-5-9-13(12)15(18)19)16-22(20,21)10-11-6-2-1-3-7-11/h1-9H,10H2,(H,16,17)(H,18,19). The van der Waals surface area contributed by atoms with E-state index in [0.29, 0.717) is 5.56 Å². The number of carbonyl (C=O) groups excluding carboxylic acids is 1. The maximum Gasteiger partial charge on any atom is 0.336 e. The van der Waals surface area contributed by atoms with Crippen LogP contribution in [-0.4, -0.2) is 25.4 Å². The first kappa shape index (κ1) is 15.7. The summed E-state index contributed by atoms with van der Waals surface area (Å²) in [7, 11) is -3.92. The Morgan fingerprint density at radius 1 is 0.909 bits per heavy atom. The average molecular weight is 319 g/mol. The lowest BCUT2D eigenvalue weighted by Gasteiger charge is -2.08. The van der Waals surface area contributed by atoms with Crippen LogP contribution in [0.5, 0.6) is 0 Å². The van der Waals surface area contributed by atoms with E-state index in [9.17, 15) is 18.0 Å². The molecule has 0 saturated carbocycles. The molecular formula is C15H13NO5S. The molecule has 0 aromatic heterocycles. The Labute approximate surface area is 127 Å². The summed E-state index contributed by atoms with van der Waals surface area (Å²) in [5, 5.41) is 9.02. The number of hydrogen-bond acceptors (Lipinski definition) is 4. The molecule has 0 heterocycles. The Morgan fingerprint density at radius 2 is 1.45 bits per heavy atom. The molecule has 0 bridgehead atoms. The molecule has 6 nitrogen and oxygen atoms in total. The van der Waals surface area contributed by atoms with Crippen molar-refractivity contribution in [1.82, 2.24) is 4.72 Å². The van der Waals surface area contributed by atoms with Crippen molar-refractivity contribution in [3.8, 4) is 0 Å². The number of carbonyl (C=O) groups is 2. The molecule has 0 saturated heterocycles. The number of sulfonamides is 1. The van der Waals surface area contributed by atoms with Gasteiger partial charge in [0.05, 0.1) is 16.9 Å². The van der Waals surface area contributed by atoms with Crippen molar-refractivity contribution in [3.05, 3.63) is 71.3 Å². The predicted octanol–water partition coefficient (Wildman–Crippen LogP) is 1.64. The van der Waals surface area contributed by atoms with Crippen LogP contribution in [0.15, 0.2) is 54.6 Å². The van der Waals surface area contributed by atoms with E-state index in [1.54, 1.807) is 30.3 Å². The molecule has 2 aromatic rings. The molecule has 1 amide bonds. The minimum atomic E-state index is -3.92. The van der Waals surface area contributed by atoms with Crippen LogP contribution in [0.25, 0.3) is 0 Å². The van der Waals surface area contributed by atoms with Crippen molar-refractivity contribution in [1.29, 1.82) is 0 Å².